The number of rotatable bonds is 8. The van der Waals surface area contributed by atoms with Crippen LogP contribution in [-0.4, -0.2) is 34.7 Å². The number of hydrogen-bond donors (Lipinski definition) is 0. The standard InChI is InChI=1S/C22H32F4O3Si/c1-2-3-4-16-14-27-21(28-15-16)9-12-30-10-7-17(8-11-30)18-5-6-20(19(23)13-18)29-22(24,25)26/h5-6,13,16-17,21,30H,2-4,7-12,14-15H2,1H3. The van der Waals surface area contributed by atoms with E-state index in [9.17, 15) is 17.6 Å². The number of unbranched alkanes of at least 4 members (excludes halogenated alkanes) is 1. The Kier molecular flexibility index (Phi) is 8.59. The van der Waals surface area contributed by atoms with Gasteiger partial charge < -0.3 is 14.2 Å². The number of benzene rings is 1. The van der Waals surface area contributed by atoms with E-state index in [0.717, 1.165) is 44.1 Å². The summed E-state index contributed by atoms with van der Waals surface area (Å²) >= 11 is 0. The third kappa shape index (κ3) is 7.23. The summed E-state index contributed by atoms with van der Waals surface area (Å²) in [7, 11) is -0.872. The normalized spacial score (nSPS) is 27.8. The number of alkyl halides is 3. The van der Waals surface area contributed by atoms with E-state index >= 15 is 0 Å². The third-order valence-electron chi connectivity index (χ3n) is 6.31. The summed E-state index contributed by atoms with van der Waals surface area (Å²) < 4.78 is 66.4. The summed E-state index contributed by atoms with van der Waals surface area (Å²) in [6.07, 6.45) is 1.55. The van der Waals surface area contributed by atoms with Gasteiger partial charge in [-0.3, -0.25) is 0 Å². The predicted octanol–water partition coefficient (Wildman–Crippen LogP) is 6.40. The van der Waals surface area contributed by atoms with Gasteiger partial charge in [-0.05, 0) is 49.3 Å². The second-order valence-corrected chi connectivity index (χ2v) is 12.1. The Labute approximate surface area is 177 Å². The molecule has 2 aliphatic rings. The molecule has 0 spiro atoms. The van der Waals surface area contributed by atoms with Gasteiger partial charge in [0.25, 0.3) is 0 Å². The monoisotopic (exact) mass is 448 g/mol. The van der Waals surface area contributed by atoms with Crippen LogP contribution in [0.15, 0.2) is 18.2 Å². The van der Waals surface area contributed by atoms with Crippen LogP contribution in [0.25, 0.3) is 0 Å². The highest BCUT2D eigenvalue weighted by Crippen LogP contribution is 2.37. The maximum atomic E-state index is 14.0. The molecule has 0 atom stereocenters. The number of ether oxygens (including phenoxy) is 3. The first-order valence-electron chi connectivity index (χ1n) is 11.1. The van der Waals surface area contributed by atoms with Crippen molar-refractivity contribution >= 4 is 8.80 Å². The van der Waals surface area contributed by atoms with Crippen molar-refractivity contribution in [3.63, 3.8) is 0 Å². The highest BCUT2D eigenvalue weighted by atomic mass is 28.3. The molecule has 2 aliphatic heterocycles. The minimum Gasteiger partial charge on any atom is -0.403 e. The smallest absolute Gasteiger partial charge is 0.403 e. The molecule has 2 heterocycles. The Morgan fingerprint density at radius 2 is 1.80 bits per heavy atom. The van der Waals surface area contributed by atoms with E-state index in [4.69, 9.17) is 9.47 Å². The van der Waals surface area contributed by atoms with Gasteiger partial charge in [0.2, 0.25) is 0 Å². The molecule has 0 radical (unpaired) electrons. The molecule has 3 nitrogen and oxygen atoms in total. The molecule has 0 saturated carbocycles. The number of halogens is 4. The van der Waals surface area contributed by atoms with E-state index in [-0.39, 0.29) is 12.2 Å². The first-order valence-corrected chi connectivity index (χ1v) is 13.6. The van der Waals surface area contributed by atoms with E-state index in [1.165, 1.54) is 43.5 Å². The van der Waals surface area contributed by atoms with Gasteiger partial charge >= 0.3 is 6.36 Å². The van der Waals surface area contributed by atoms with E-state index < -0.39 is 26.7 Å². The summed E-state index contributed by atoms with van der Waals surface area (Å²) in [5.41, 5.74) is 0.770. The first-order chi connectivity index (χ1) is 14.3. The summed E-state index contributed by atoms with van der Waals surface area (Å²) in [6.45, 7) is 3.80. The molecular formula is C22H32F4O3Si. The van der Waals surface area contributed by atoms with Gasteiger partial charge in [-0.15, -0.1) is 13.2 Å². The van der Waals surface area contributed by atoms with Crippen LogP contribution in [0.3, 0.4) is 0 Å². The largest absolute Gasteiger partial charge is 0.573 e. The van der Waals surface area contributed by atoms with Crippen LogP contribution in [0, 0.1) is 11.7 Å². The molecule has 8 heteroatoms. The second kappa shape index (κ2) is 11.0. The lowest BCUT2D eigenvalue weighted by atomic mass is 9.93. The van der Waals surface area contributed by atoms with Crippen LogP contribution >= 0.6 is 0 Å². The van der Waals surface area contributed by atoms with Gasteiger partial charge in [0.1, 0.15) is 0 Å². The van der Waals surface area contributed by atoms with Gasteiger partial charge in [-0.25, -0.2) is 4.39 Å². The van der Waals surface area contributed by atoms with Crippen molar-refractivity contribution < 1.29 is 31.8 Å². The van der Waals surface area contributed by atoms with Gasteiger partial charge in [0.15, 0.2) is 17.9 Å². The van der Waals surface area contributed by atoms with Crippen molar-refractivity contribution in [2.45, 2.75) is 82.2 Å². The summed E-state index contributed by atoms with van der Waals surface area (Å²) in [5, 5.41) is 0. The highest BCUT2D eigenvalue weighted by Gasteiger charge is 2.33. The van der Waals surface area contributed by atoms with Crippen LogP contribution < -0.4 is 4.74 Å². The minimum atomic E-state index is -4.88. The molecule has 1 aromatic rings. The Morgan fingerprint density at radius 3 is 2.40 bits per heavy atom. The van der Waals surface area contributed by atoms with Crippen LogP contribution in [0.2, 0.25) is 18.1 Å². The second-order valence-electron chi connectivity index (χ2n) is 8.64. The molecular weight excluding hydrogens is 416 g/mol. The lowest BCUT2D eigenvalue weighted by Gasteiger charge is -2.32. The van der Waals surface area contributed by atoms with E-state index in [0.29, 0.717) is 5.92 Å². The fraction of sp³-hybridized carbons (Fsp3) is 0.727. The SMILES string of the molecule is CCCCC1COC(CC[SiH]2CCC(c3ccc(OC(F)(F)F)c(F)c3)CC2)OC1. The Morgan fingerprint density at radius 1 is 1.10 bits per heavy atom. The van der Waals surface area contributed by atoms with Crippen molar-refractivity contribution in [2.24, 2.45) is 5.92 Å². The molecule has 2 saturated heterocycles. The zero-order valence-electron chi connectivity index (χ0n) is 17.6. The maximum Gasteiger partial charge on any atom is 0.573 e. The van der Waals surface area contributed by atoms with Crippen molar-refractivity contribution in [2.75, 3.05) is 13.2 Å². The number of hydrogen-bond acceptors (Lipinski definition) is 3. The minimum absolute atomic E-state index is 0.0663. The van der Waals surface area contributed by atoms with Crippen molar-refractivity contribution in [3.05, 3.63) is 29.6 Å². The summed E-state index contributed by atoms with van der Waals surface area (Å²) in [5.74, 6) is -0.973. The Bertz CT molecular complexity index is 654. The fourth-order valence-electron chi connectivity index (χ4n) is 4.54. The zero-order valence-corrected chi connectivity index (χ0v) is 18.7. The third-order valence-corrected chi connectivity index (χ3v) is 9.76. The van der Waals surface area contributed by atoms with Gasteiger partial charge in [0, 0.05) is 14.7 Å². The fourth-order valence-corrected chi connectivity index (χ4v) is 7.90. The molecule has 30 heavy (non-hydrogen) atoms. The van der Waals surface area contributed by atoms with Gasteiger partial charge in [-0.2, -0.15) is 0 Å². The van der Waals surface area contributed by atoms with Crippen molar-refractivity contribution in [1.82, 2.24) is 0 Å². The molecule has 0 aliphatic carbocycles. The Balaban J connectivity index is 1.38. The van der Waals surface area contributed by atoms with Crippen LogP contribution in [0.4, 0.5) is 17.6 Å². The lowest BCUT2D eigenvalue weighted by molar-refractivity contribution is -0.275. The van der Waals surface area contributed by atoms with E-state index in [1.54, 1.807) is 6.07 Å². The lowest BCUT2D eigenvalue weighted by Crippen LogP contribution is -2.33. The van der Waals surface area contributed by atoms with E-state index in [2.05, 4.69) is 11.7 Å². The molecule has 2 fully saturated rings. The molecule has 0 amide bonds. The zero-order chi connectivity index (χ0) is 21.6. The quantitative estimate of drug-likeness (QED) is 0.340. The molecule has 1 aromatic carbocycles. The average molecular weight is 449 g/mol. The van der Waals surface area contributed by atoms with Crippen molar-refractivity contribution in [1.29, 1.82) is 0 Å². The topological polar surface area (TPSA) is 27.7 Å². The van der Waals surface area contributed by atoms with Crippen molar-refractivity contribution in [3.8, 4) is 5.75 Å². The maximum absolute atomic E-state index is 14.0. The van der Waals surface area contributed by atoms with Gasteiger partial charge in [0.05, 0.1) is 13.2 Å². The summed E-state index contributed by atoms with van der Waals surface area (Å²) in [4.78, 5) is 0. The van der Waals surface area contributed by atoms with Crippen LogP contribution in [-0.2, 0) is 9.47 Å². The molecule has 0 N–H and O–H groups in total. The van der Waals surface area contributed by atoms with Crippen LogP contribution in [0.5, 0.6) is 5.75 Å². The molecule has 170 valence electrons. The van der Waals surface area contributed by atoms with E-state index in [1.807, 2.05) is 0 Å². The Hall–Kier alpha value is -1.12. The molecule has 0 bridgehead atoms. The van der Waals surface area contributed by atoms with Gasteiger partial charge in [-0.1, -0.05) is 44.0 Å². The highest BCUT2D eigenvalue weighted by molar-refractivity contribution is 6.59. The van der Waals surface area contributed by atoms with Crippen LogP contribution in [0.1, 0.15) is 56.9 Å². The average Bonchev–Trinajstić information content (AvgIpc) is 2.72. The first kappa shape index (κ1) is 23.5. The molecule has 3 rings (SSSR count). The summed E-state index contributed by atoms with van der Waals surface area (Å²) in [6, 6.07) is 7.37. The molecule has 0 aromatic heterocycles. The molecule has 0 unspecified atom stereocenters. The predicted molar refractivity (Wildman–Crippen MR) is 110 cm³/mol.